The molecule has 0 aliphatic rings. The molecule has 1 amide bonds. The predicted molar refractivity (Wildman–Crippen MR) is 118 cm³/mol. The lowest BCUT2D eigenvalue weighted by Crippen LogP contribution is -2.33. The molecule has 0 aliphatic heterocycles. The Morgan fingerprint density at radius 2 is 1.93 bits per heavy atom. The second-order valence-electron chi connectivity index (χ2n) is 6.40. The summed E-state index contributed by atoms with van der Waals surface area (Å²) < 4.78 is 25.8. The quantitative estimate of drug-likeness (QED) is 0.618. The van der Waals surface area contributed by atoms with Gasteiger partial charge < -0.3 is 5.32 Å². The van der Waals surface area contributed by atoms with Crippen LogP contribution in [-0.2, 0) is 14.8 Å². The van der Waals surface area contributed by atoms with Gasteiger partial charge in [0.1, 0.15) is 0 Å². The molecule has 0 aliphatic carbocycles. The number of carbonyl (C=O) groups is 1. The Kier molecular flexibility index (Phi) is 6.58. The van der Waals surface area contributed by atoms with Gasteiger partial charge in [-0.3, -0.25) is 4.79 Å². The average molecular weight is 428 g/mol. The topological polar surface area (TPSA) is 79.4 Å². The summed E-state index contributed by atoms with van der Waals surface area (Å²) in [7, 11) is -2.34. The fourth-order valence-corrected chi connectivity index (χ4v) is 4.03. The van der Waals surface area contributed by atoms with Gasteiger partial charge in [-0.25, -0.2) is 13.4 Å². The zero-order valence-electron chi connectivity index (χ0n) is 16.1. The molecule has 0 saturated carbocycles. The van der Waals surface area contributed by atoms with Crippen molar-refractivity contribution in [3.8, 4) is 11.3 Å². The van der Waals surface area contributed by atoms with Crippen LogP contribution in [0.4, 0.5) is 5.69 Å². The molecule has 0 fully saturated rings. The Morgan fingerprint density at radius 3 is 2.62 bits per heavy atom. The highest BCUT2D eigenvalue weighted by atomic mass is 32.2. The van der Waals surface area contributed by atoms with Crippen molar-refractivity contribution in [3.05, 3.63) is 76.0 Å². The number of amides is 1. The van der Waals surface area contributed by atoms with Crippen LogP contribution in [0.1, 0.15) is 10.6 Å². The van der Waals surface area contributed by atoms with Gasteiger partial charge >= 0.3 is 0 Å². The molecule has 0 bridgehead atoms. The molecule has 3 rings (SSSR count). The molecule has 0 saturated heterocycles. The van der Waals surface area contributed by atoms with Gasteiger partial charge in [0.05, 0.1) is 17.2 Å². The number of carbonyl (C=O) groups excluding carboxylic acids is 1. The summed E-state index contributed by atoms with van der Waals surface area (Å²) in [5.41, 5.74) is 3.08. The van der Waals surface area contributed by atoms with Crippen molar-refractivity contribution in [2.75, 3.05) is 18.9 Å². The molecule has 150 valence electrons. The van der Waals surface area contributed by atoms with Gasteiger partial charge in [-0.1, -0.05) is 42.5 Å². The minimum Gasteiger partial charge on any atom is -0.325 e. The number of nitrogens with zero attached hydrogens (tertiary/aromatic N) is 2. The van der Waals surface area contributed by atoms with Crippen LogP contribution in [0.15, 0.2) is 65.4 Å². The summed E-state index contributed by atoms with van der Waals surface area (Å²) in [5.74, 6) is -0.421. The van der Waals surface area contributed by atoms with Crippen LogP contribution < -0.4 is 5.32 Å². The number of aromatic nitrogens is 1. The summed E-state index contributed by atoms with van der Waals surface area (Å²) in [6, 6.07) is 16.4. The van der Waals surface area contributed by atoms with Crippen molar-refractivity contribution < 1.29 is 13.2 Å². The zero-order chi connectivity index (χ0) is 20.9. The van der Waals surface area contributed by atoms with Gasteiger partial charge in [0.15, 0.2) is 0 Å². The van der Waals surface area contributed by atoms with E-state index in [0.29, 0.717) is 5.69 Å². The molecule has 1 aromatic heterocycles. The molecule has 6 nitrogen and oxygen atoms in total. The van der Waals surface area contributed by atoms with E-state index in [9.17, 15) is 13.2 Å². The van der Waals surface area contributed by atoms with E-state index in [4.69, 9.17) is 0 Å². The minimum atomic E-state index is -3.71. The van der Waals surface area contributed by atoms with Gasteiger partial charge in [0.25, 0.3) is 0 Å². The van der Waals surface area contributed by atoms with E-state index >= 15 is 0 Å². The van der Waals surface area contributed by atoms with Crippen LogP contribution in [0.25, 0.3) is 17.3 Å². The maximum absolute atomic E-state index is 12.4. The SMILES string of the molecule is Cc1nc(-c2cccc(NC(=O)CN(C)S(=O)(=O)C=Cc3ccccc3)c2)cs1. The fourth-order valence-electron chi connectivity index (χ4n) is 2.58. The largest absolute Gasteiger partial charge is 0.325 e. The van der Waals surface area contributed by atoms with E-state index in [1.54, 1.807) is 29.5 Å². The first-order valence-corrected chi connectivity index (χ1v) is 11.2. The molecule has 8 heteroatoms. The van der Waals surface area contributed by atoms with Crippen LogP contribution in [0, 0.1) is 6.92 Å². The molecule has 1 N–H and O–H groups in total. The van der Waals surface area contributed by atoms with E-state index in [0.717, 1.165) is 31.5 Å². The van der Waals surface area contributed by atoms with Crippen LogP contribution in [0.3, 0.4) is 0 Å². The number of rotatable bonds is 7. The van der Waals surface area contributed by atoms with E-state index in [1.807, 2.05) is 48.7 Å². The molecule has 1 heterocycles. The maximum Gasteiger partial charge on any atom is 0.239 e. The standard InChI is InChI=1S/C21H21N3O3S2/c1-16-22-20(15-28-16)18-9-6-10-19(13-18)23-21(25)14-24(2)29(26,27)12-11-17-7-4-3-5-8-17/h3-13,15H,14H2,1-2H3,(H,23,25). The maximum atomic E-state index is 12.4. The van der Waals surface area contributed by atoms with Crippen molar-refractivity contribution in [1.29, 1.82) is 0 Å². The summed E-state index contributed by atoms with van der Waals surface area (Å²) in [6.45, 7) is 1.64. The molecule has 0 spiro atoms. The third-order valence-electron chi connectivity index (χ3n) is 4.09. The van der Waals surface area contributed by atoms with E-state index in [2.05, 4.69) is 10.3 Å². The summed E-state index contributed by atoms with van der Waals surface area (Å²) in [4.78, 5) is 16.8. The Balaban J connectivity index is 1.63. The third kappa shape index (κ3) is 5.83. The summed E-state index contributed by atoms with van der Waals surface area (Å²) in [6.07, 6.45) is 1.50. The van der Waals surface area contributed by atoms with E-state index in [1.165, 1.54) is 13.1 Å². The molecular formula is C21H21N3O3S2. The number of anilines is 1. The normalized spacial score (nSPS) is 11.8. The van der Waals surface area contributed by atoms with Crippen LogP contribution in [0.2, 0.25) is 0 Å². The third-order valence-corrected chi connectivity index (χ3v) is 6.35. The van der Waals surface area contributed by atoms with Crippen molar-refractivity contribution in [2.24, 2.45) is 0 Å². The lowest BCUT2D eigenvalue weighted by atomic mass is 10.1. The molecule has 29 heavy (non-hydrogen) atoms. The second kappa shape index (κ2) is 9.13. The predicted octanol–water partition coefficient (Wildman–Crippen LogP) is 3.99. The molecule has 0 radical (unpaired) electrons. The van der Waals surface area contributed by atoms with Crippen LogP contribution in [-0.4, -0.2) is 37.2 Å². The highest BCUT2D eigenvalue weighted by Gasteiger charge is 2.18. The van der Waals surface area contributed by atoms with Gasteiger partial charge in [0, 0.05) is 29.1 Å². The molecule has 2 aromatic carbocycles. The van der Waals surface area contributed by atoms with Gasteiger partial charge in [-0.2, -0.15) is 4.31 Å². The van der Waals surface area contributed by atoms with E-state index < -0.39 is 15.9 Å². The van der Waals surface area contributed by atoms with Crippen LogP contribution >= 0.6 is 11.3 Å². The number of thiazole rings is 1. The number of aryl methyl sites for hydroxylation is 1. The average Bonchev–Trinajstić information content (AvgIpc) is 3.14. The monoisotopic (exact) mass is 427 g/mol. The van der Waals surface area contributed by atoms with Crippen molar-refractivity contribution >= 4 is 39.0 Å². The highest BCUT2D eigenvalue weighted by Crippen LogP contribution is 2.24. The minimum absolute atomic E-state index is 0.290. The van der Waals surface area contributed by atoms with Gasteiger partial charge in [0.2, 0.25) is 15.9 Å². The second-order valence-corrected chi connectivity index (χ2v) is 9.38. The number of hydrogen-bond acceptors (Lipinski definition) is 5. The smallest absolute Gasteiger partial charge is 0.239 e. The van der Waals surface area contributed by atoms with E-state index in [-0.39, 0.29) is 6.54 Å². The van der Waals surface area contributed by atoms with Gasteiger partial charge in [-0.15, -0.1) is 11.3 Å². The molecular weight excluding hydrogens is 406 g/mol. The number of nitrogens with one attached hydrogen (secondary N) is 1. The van der Waals surface area contributed by atoms with Gasteiger partial charge in [-0.05, 0) is 30.7 Å². The number of likely N-dealkylation sites (N-methyl/N-ethyl adjacent to an activating group) is 1. The lowest BCUT2D eigenvalue weighted by molar-refractivity contribution is -0.116. The number of hydrogen-bond donors (Lipinski definition) is 1. The summed E-state index contributed by atoms with van der Waals surface area (Å²) >= 11 is 1.55. The Hall–Kier alpha value is -2.81. The first-order chi connectivity index (χ1) is 13.8. The van der Waals surface area contributed by atoms with Crippen molar-refractivity contribution in [2.45, 2.75) is 6.92 Å². The van der Waals surface area contributed by atoms with Crippen LogP contribution in [0.5, 0.6) is 0 Å². The first kappa shape index (κ1) is 20.9. The highest BCUT2D eigenvalue weighted by molar-refractivity contribution is 7.92. The number of benzene rings is 2. The van der Waals surface area contributed by atoms with Crippen molar-refractivity contribution in [3.63, 3.8) is 0 Å². The van der Waals surface area contributed by atoms with Crippen molar-refractivity contribution in [1.82, 2.24) is 9.29 Å². The summed E-state index contributed by atoms with van der Waals surface area (Å²) in [5, 5.41) is 6.76. The fraction of sp³-hybridized carbons (Fsp3) is 0.143. The lowest BCUT2D eigenvalue weighted by Gasteiger charge is -2.14. The first-order valence-electron chi connectivity index (χ1n) is 8.85. The Morgan fingerprint density at radius 1 is 1.17 bits per heavy atom. The Bertz CT molecular complexity index is 1120. The molecule has 3 aromatic rings. The Labute approximate surface area is 174 Å². The number of sulfonamides is 1. The molecule has 0 unspecified atom stereocenters. The molecule has 0 atom stereocenters. The zero-order valence-corrected chi connectivity index (χ0v) is 17.7.